The first-order valence-corrected chi connectivity index (χ1v) is 7.69. The minimum Gasteiger partial charge on any atom is -0.385 e. The molecule has 0 fully saturated rings. The van der Waals surface area contributed by atoms with Gasteiger partial charge in [0.15, 0.2) is 5.82 Å². The first-order valence-electron chi connectivity index (χ1n) is 7.69. The zero-order valence-corrected chi connectivity index (χ0v) is 12.6. The van der Waals surface area contributed by atoms with Crippen LogP contribution in [0.5, 0.6) is 0 Å². The highest BCUT2D eigenvalue weighted by molar-refractivity contribution is 5.50. The molecule has 7 nitrogen and oxygen atoms in total. The summed E-state index contributed by atoms with van der Waals surface area (Å²) in [5, 5.41) is 18.3. The molecule has 1 aliphatic heterocycles. The highest BCUT2D eigenvalue weighted by Crippen LogP contribution is 2.21. The third-order valence-corrected chi connectivity index (χ3v) is 4.01. The van der Waals surface area contributed by atoms with Crippen LogP contribution in [-0.2, 0) is 19.6 Å². The SMILES string of the molecule is O[C@@H](Cn1ccnc1-c1cc2n(n1)CCNC2)c1ccccn1. The molecule has 3 aromatic heterocycles. The molecule has 0 radical (unpaired) electrons. The number of nitrogens with one attached hydrogen (secondary N) is 1. The highest BCUT2D eigenvalue weighted by Gasteiger charge is 2.18. The minimum absolute atomic E-state index is 0.396. The normalized spacial score (nSPS) is 15.3. The van der Waals surface area contributed by atoms with Crippen molar-refractivity contribution in [3.63, 3.8) is 0 Å². The van der Waals surface area contributed by atoms with E-state index < -0.39 is 6.10 Å². The van der Waals surface area contributed by atoms with Gasteiger partial charge in [0, 0.05) is 31.7 Å². The Hall–Kier alpha value is -2.51. The predicted octanol–water partition coefficient (Wildman–Crippen LogP) is 0.978. The quantitative estimate of drug-likeness (QED) is 0.751. The Balaban J connectivity index is 1.60. The molecule has 7 heteroatoms. The van der Waals surface area contributed by atoms with Crippen LogP contribution >= 0.6 is 0 Å². The highest BCUT2D eigenvalue weighted by atomic mass is 16.3. The lowest BCUT2D eigenvalue weighted by Gasteiger charge is -2.13. The Morgan fingerprint density at radius 1 is 1.26 bits per heavy atom. The van der Waals surface area contributed by atoms with E-state index in [2.05, 4.69) is 26.4 Å². The first-order chi connectivity index (χ1) is 11.3. The molecule has 4 rings (SSSR count). The summed E-state index contributed by atoms with van der Waals surface area (Å²) in [5.41, 5.74) is 2.65. The summed E-state index contributed by atoms with van der Waals surface area (Å²) < 4.78 is 3.93. The monoisotopic (exact) mass is 310 g/mol. The van der Waals surface area contributed by atoms with Crippen LogP contribution in [0.25, 0.3) is 11.5 Å². The second-order valence-corrected chi connectivity index (χ2v) is 5.59. The fraction of sp³-hybridized carbons (Fsp3) is 0.312. The van der Waals surface area contributed by atoms with Gasteiger partial charge < -0.3 is 15.0 Å². The first kappa shape index (κ1) is 14.1. The molecule has 1 atom stereocenters. The number of fused-ring (bicyclic) bond motifs is 1. The summed E-state index contributed by atoms with van der Waals surface area (Å²) in [6, 6.07) is 7.58. The lowest BCUT2D eigenvalue weighted by Crippen LogP contribution is -2.28. The van der Waals surface area contributed by atoms with Crippen LogP contribution in [0.2, 0.25) is 0 Å². The maximum absolute atomic E-state index is 10.4. The zero-order valence-electron chi connectivity index (χ0n) is 12.6. The van der Waals surface area contributed by atoms with Crippen LogP contribution < -0.4 is 5.32 Å². The molecule has 0 amide bonds. The largest absolute Gasteiger partial charge is 0.385 e. The van der Waals surface area contributed by atoms with Crippen LogP contribution in [0.1, 0.15) is 17.5 Å². The molecule has 0 saturated heterocycles. The van der Waals surface area contributed by atoms with Crippen molar-refractivity contribution in [2.24, 2.45) is 0 Å². The van der Waals surface area contributed by atoms with Gasteiger partial charge in [-0.3, -0.25) is 9.67 Å². The number of hydrogen-bond donors (Lipinski definition) is 2. The standard InChI is InChI=1S/C16H18N6O/c23-15(13-3-1-2-4-18-13)11-21-7-6-19-16(21)14-9-12-10-17-5-8-22(12)20-14/h1-4,6-7,9,15,17,23H,5,8,10-11H2/t15-/m0/s1. The topological polar surface area (TPSA) is 80.8 Å². The number of aliphatic hydroxyl groups is 1. The van der Waals surface area contributed by atoms with Gasteiger partial charge in [0.2, 0.25) is 0 Å². The summed E-state index contributed by atoms with van der Waals surface area (Å²) in [6.07, 6.45) is 4.60. The average Bonchev–Trinajstić information content (AvgIpc) is 3.21. The van der Waals surface area contributed by atoms with Gasteiger partial charge in [-0.1, -0.05) is 6.07 Å². The molecular formula is C16H18N6O. The second-order valence-electron chi connectivity index (χ2n) is 5.59. The number of hydrogen-bond acceptors (Lipinski definition) is 5. The number of rotatable bonds is 4. The van der Waals surface area contributed by atoms with E-state index in [1.807, 2.05) is 33.6 Å². The molecule has 118 valence electrons. The fourth-order valence-corrected chi connectivity index (χ4v) is 2.84. The van der Waals surface area contributed by atoms with Crippen LogP contribution in [-0.4, -0.2) is 36.0 Å². The smallest absolute Gasteiger partial charge is 0.160 e. The molecule has 0 saturated carbocycles. The molecule has 4 heterocycles. The van der Waals surface area contributed by atoms with Crippen molar-refractivity contribution < 1.29 is 5.11 Å². The van der Waals surface area contributed by atoms with Crippen molar-refractivity contribution in [3.8, 4) is 11.5 Å². The lowest BCUT2D eigenvalue weighted by atomic mass is 10.2. The number of pyridine rings is 1. The number of aromatic nitrogens is 5. The fourth-order valence-electron chi connectivity index (χ4n) is 2.84. The Morgan fingerprint density at radius 3 is 3.04 bits per heavy atom. The van der Waals surface area contributed by atoms with E-state index in [1.165, 1.54) is 0 Å². The van der Waals surface area contributed by atoms with E-state index in [-0.39, 0.29) is 0 Å². The summed E-state index contributed by atoms with van der Waals surface area (Å²) >= 11 is 0. The molecular weight excluding hydrogens is 292 g/mol. The third kappa shape index (κ3) is 2.76. The van der Waals surface area contributed by atoms with Gasteiger partial charge in [-0.05, 0) is 18.2 Å². The molecule has 0 spiro atoms. The van der Waals surface area contributed by atoms with Gasteiger partial charge in [-0.25, -0.2) is 4.98 Å². The van der Waals surface area contributed by atoms with Gasteiger partial charge in [0.25, 0.3) is 0 Å². The van der Waals surface area contributed by atoms with Crippen molar-refractivity contribution in [2.75, 3.05) is 6.54 Å². The van der Waals surface area contributed by atoms with E-state index >= 15 is 0 Å². The Bertz CT molecular complexity index is 771. The van der Waals surface area contributed by atoms with E-state index in [4.69, 9.17) is 0 Å². The molecule has 0 aliphatic carbocycles. The van der Waals surface area contributed by atoms with Gasteiger partial charge in [0.05, 0.1) is 24.5 Å². The van der Waals surface area contributed by atoms with Gasteiger partial charge in [-0.15, -0.1) is 0 Å². The van der Waals surface area contributed by atoms with Crippen molar-refractivity contribution in [2.45, 2.75) is 25.7 Å². The number of imidazole rings is 1. The Morgan fingerprint density at radius 2 is 2.22 bits per heavy atom. The van der Waals surface area contributed by atoms with Crippen LogP contribution in [0.4, 0.5) is 0 Å². The Labute approximate surface area is 133 Å². The van der Waals surface area contributed by atoms with E-state index in [1.54, 1.807) is 12.4 Å². The summed E-state index contributed by atoms with van der Waals surface area (Å²) in [6.45, 7) is 3.02. The average molecular weight is 310 g/mol. The number of nitrogens with zero attached hydrogens (tertiary/aromatic N) is 5. The Kier molecular flexibility index (Phi) is 3.64. The second kappa shape index (κ2) is 5.94. The summed E-state index contributed by atoms with van der Waals surface area (Å²) in [5.74, 6) is 0.766. The van der Waals surface area contributed by atoms with Crippen molar-refractivity contribution in [1.82, 2.24) is 29.6 Å². The van der Waals surface area contributed by atoms with Crippen molar-refractivity contribution in [3.05, 3.63) is 54.2 Å². The summed E-state index contributed by atoms with van der Waals surface area (Å²) in [4.78, 5) is 8.61. The van der Waals surface area contributed by atoms with Gasteiger partial charge in [-0.2, -0.15) is 5.10 Å². The van der Waals surface area contributed by atoms with E-state index in [0.29, 0.717) is 12.2 Å². The molecule has 2 N–H and O–H groups in total. The zero-order chi connectivity index (χ0) is 15.6. The van der Waals surface area contributed by atoms with Gasteiger partial charge >= 0.3 is 0 Å². The van der Waals surface area contributed by atoms with Crippen LogP contribution in [0.15, 0.2) is 42.9 Å². The third-order valence-electron chi connectivity index (χ3n) is 4.01. The van der Waals surface area contributed by atoms with E-state index in [0.717, 1.165) is 36.8 Å². The number of aliphatic hydroxyl groups excluding tert-OH is 1. The maximum atomic E-state index is 10.4. The molecule has 0 unspecified atom stereocenters. The minimum atomic E-state index is -0.678. The molecule has 1 aliphatic rings. The predicted molar refractivity (Wildman–Crippen MR) is 84.4 cm³/mol. The molecule has 0 aromatic carbocycles. The van der Waals surface area contributed by atoms with Gasteiger partial charge in [0.1, 0.15) is 11.8 Å². The lowest BCUT2D eigenvalue weighted by molar-refractivity contribution is 0.152. The molecule has 3 aromatic rings. The molecule has 23 heavy (non-hydrogen) atoms. The maximum Gasteiger partial charge on any atom is 0.160 e. The summed E-state index contributed by atoms with van der Waals surface area (Å²) in [7, 11) is 0. The van der Waals surface area contributed by atoms with Crippen molar-refractivity contribution >= 4 is 0 Å². The van der Waals surface area contributed by atoms with Crippen LogP contribution in [0, 0.1) is 0 Å². The van der Waals surface area contributed by atoms with E-state index in [9.17, 15) is 5.11 Å². The molecule has 0 bridgehead atoms. The van der Waals surface area contributed by atoms with Crippen LogP contribution in [0.3, 0.4) is 0 Å². The van der Waals surface area contributed by atoms with Crippen molar-refractivity contribution in [1.29, 1.82) is 0 Å².